The Morgan fingerprint density at radius 1 is 1.19 bits per heavy atom. The Labute approximate surface area is 152 Å². The van der Waals surface area contributed by atoms with E-state index in [-0.39, 0.29) is 34.6 Å². The third-order valence-corrected chi connectivity index (χ3v) is 3.71. The molecule has 0 aliphatic carbocycles. The van der Waals surface area contributed by atoms with Crippen LogP contribution in [0.15, 0.2) is 23.1 Å². The summed E-state index contributed by atoms with van der Waals surface area (Å²) in [6, 6.07) is 0.944. The first-order valence-corrected chi connectivity index (χ1v) is 7.75. The number of rotatable bonds is 6. The molecule has 0 spiro atoms. The molecule has 26 heavy (non-hydrogen) atoms. The second-order valence-corrected chi connectivity index (χ2v) is 5.66. The van der Waals surface area contributed by atoms with E-state index in [1.807, 2.05) is 0 Å². The van der Waals surface area contributed by atoms with Crippen molar-refractivity contribution >= 4 is 22.0 Å². The van der Waals surface area contributed by atoms with E-state index in [4.69, 9.17) is 5.73 Å². The predicted molar refractivity (Wildman–Crippen MR) is 83.1 cm³/mol. The van der Waals surface area contributed by atoms with Gasteiger partial charge in [0.1, 0.15) is 16.6 Å². The molecule has 2 N–H and O–H groups in total. The highest BCUT2D eigenvalue weighted by molar-refractivity contribution is 9.10. The zero-order valence-corrected chi connectivity index (χ0v) is 14.5. The number of carbonyl (C=O) groups is 1. The van der Waals surface area contributed by atoms with Crippen molar-refractivity contribution in [2.75, 3.05) is 6.61 Å². The van der Waals surface area contributed by atoms with Gasteiger partial charge in [-0.05, 0) is 28.8 Å². The second-order valence-electron chi connectivity index (χ2n) is 4.86. The molecule has 0 radical (unpaired) electrons. The van der Waals surface area contributed by atoms with Crippen molar-refractivity contribution in [1.82, 2.24) is 15.0 Å². The van der Waals surface area contributed by atoms with Crippen LogP contribution in [0.1, 0.15) is 11.4 Å². The van der Waals surface area contributed by atoms with Crippen LogP contribution in [0.2, 0.25) is 0 Å². The Kier molecular flexibility index (Phi) is 6.29. The van der Waals surface area contributed by atoms with Gasteiger partial charge in [0, 0.05) is 6.07 Å². The maximum atomic E-state index is 13.9. The quantitative estimate of drug-likeness (QED) is 0.695. The van der Waals surface area contributed by atoms with Crippen LogP contribution in [0.4, 0.5) is 22.4 Å². The number of carbonyl (C=O) groups excluding carboxylic acids is 1. The van der Waals surface area contributed by atoms with Gasteiger partial charge in [-0.15, -0.1) is 0 Å². The summed E-state index contributed by atoms with van der Waals surface area (Å²) in [5, 5.41) is 0. The molecule has 0 saturated carbocycles. The Bertz CT molecular complexity index is 804. The molecule has 0 aliphatic rings. The standard InChI is InChI=1S/C14H11BrF4N4O3/c15-11-10(22-6-23-12(11)25-5-14(17,18)19)2-1-9-8(16)3-7(4-21-9)26-13(20)24/h3-4,6H,1-2,5H2,(H2,20,24). The summed E-state index contributed by atoms with van der Waals surface area (Å²) in [7, 11) is 0. The Morgan fingerprint density at radius 3 is 2.50 bits per heavy atom. The fourth-order valence-corrected chi connectivity index (χ4v) is 2.37. The van der Waals surface area contributed by atoms with Crippen LogP contribution in [0.25, 0.3) is 0 Å². The van der Waals surface area contributed by atoms with Crippen molar-refractivity contribution in [2.45, 2.75) is 19.0 Å². The molecule has 0 aromatic carbocycles. The first-order valence-electron chi connectivity index (χ1n) is 6.96. The maximum Gasteiger partial charge on any atom is 0.422 e. The largest absolute Gasteiger partial charge is 0.467 e. The van der Waals surface area contributed by atoms with Gasteiger partial charge in [-0.3, -0.25) is 4.98 Å². The number of nitrogens with two attached hydrogens (primary N) is 1. The van der Waals surface area contributed by atoms with Gasteiger partial charge >= 0.3 is 12.3 Å². The van der Waals surface area contributed by atoms with Crippen molar-refractivity contribution in [3.63, 3.8) is 0 Å². The summed E-state index contributed by atoms with van der Waals surface area (Å²) in [6.07, 6.45) is -3.22. The van der Waals surface area contributed by atoms with Crippen molar-refractivity contribution in [3.8, 4) is 11.6 Å². The lowest BCUT2D eigenvalue weighted by Crippen LogP contribution is -2.20. The molecular weight excluding hydrogens is 428 g/mol. The molecule has 0 aliphatic heterocycles. The van der Waals surface area contributed by atoms with Crippen LogP contribution in [0.3, 0.4) is 0 Å². The van der Waals surface area contributed by atoms with E-state index in [0.29, 0.717) is 5.69 Å². The van der Waals surface area contributed by atoms with Gasteiger partial charge in [0.2, 0.25) is 5.88 Å². The van der Waals surface area contributed by atoms with Crippen molar-refractivity contribution < 1.29 is 31.8 Å². The molecule has 0 fully saturated rings. The number of aryl methyl sites for hydroxylation is 2. The third kappa shape index (κ3) is 5.79. The molecule has 0 saturated heterocycles. The predicted octanol–water partition coefficient (Wildman–Crippen LogP) is 2.96. The smallest absolute Gasteiger partial charge is 0.422 e. The number of nitrogens with zero attached hydrogens (tertiary/aromatic N) is 3. The molecule has 140 valence electrons. The molecule has 2 aromatic heterocycles. The van der Waals surface area contributed by atoms with Crippen molar-refractivity contribution in [1.29, 1.82) is 0 Å². The van der Waals surface area contributed by atoms with Gasteiger partial charge in [-0.1, -0.05) is 0 Å². The molecule has 0 bridgehead atoms. The lowest BCUT2D eigenvalue weighted by Gasteiger charge is -2.11. The summed E-state index contributed by atoms with van der Waals surface area (Å²) < 4.78 is 59.9. The number of pyridine rings is 1. The molecule has 1 amide bonds. The lowest BCUT2D eigenvalue weighted by atomic mass is 10.1. The van der Waals surface area contributed by atoms with Gasteiger partial charge in [-0.25, -0.2) is 19.2 Å². The molecule has 12 heteroatoms. The average Bonchev–Trinajstić information content (AvgIpc) is 2.53. The Hall–Kier alpha value is -2.50. The van der Waals surface area contributed by atoms with Gasteiger partial charge in [0.15, 0.2) is 12.4 Å². The summed E-state index contributed by atoms with van der Waals surface area (Å²) >= 11 is 3.08. The zero-order valence-electron chi connectivity index (χ0n) is 12.9. The molecule has 7 nitrogen and oxygen atoms in total. The number of aromatic nitrogens is 3. The number of ether oxygens (including phenoxy) is 2. The minimum Gasteiger partial charge on any atom is -0.467 e. The van der Waals surface area contributed by atoms with Gasteiger partial charge in [0.25, 0.3) is 0 Å². The molecule has 2 rings (SSSR count). The maximum absolute atomic E-state index is 13.9. The zero-order chi connectivity index (χ0) is 19.3. The molecule has 0 unspecified atom stereocenters. The van der Waals surface area contributed by atoms with Crippen LogP contribution in [0.5, 0.6) is 11.6 Å². The number of primary amides is 1. The average molecular weight is 439 g/mol. The summed E-state index contributed by atoms with van der Waals surface area (Å²) in [5.74, 6) is -1.15. The Balaban J connectivity index is 2.06. The summed E-state index contributed by atoms with van der Waals surface area (Å²) in [4.78, 5) is 22.0. The Morgan fingerprint density at radius 2 is 1.88 bits per heavy atom. The van der Waals surface area contributed by atoms with Crippen LogP contribution in [-0.2, 0) is 12.8 Å². The molecule has 0 atom stereocenters. The van der Waals surface area contributed by atoms with Gasteiger partial charge in [-0.2, -0.15) is 13.2 Å². The van der Waals surface area contributed by atoms with Crippen molar-refractivity contribution in [3.05, 3.63) is 40.3 Å². The normalized spacial score (nSPS) is 11.3. The fourth-order valence-electron chi connectivity index (χ4n) is 1.85. The lowest BCUT2D eigenvalue weighted by molar-refractivity contribution is -0.154. The summed E-state index contributed by atoms with van der Waals surface area (Å²) in [6.45, 7) is -1.50. The molecule has 2 aromatic rings. The van der Waals surface area contributed by atoms with Crippen molar-refractivity contribution in [2.24, 2.45) is 5.73 Å². The topological polar surface area (TPSA) is 100 Å². The molecular formula is C14H11BrF4N4O3. The number of halogens is 5. The van der Waals surface area contributed by atoms with E-state index in [2.05, 4.69) is 40.4 Å². The van der Waals surface area contributed by atoms with E-state index < -0.39 is 24.7 Å². The summed E-state index contributed by atoms with van der Waals surface area (Å²) in [5.41, 5.74) is 5.18. The highest BCUT2D eigenvalue weighted by Gasteiger charge is 2.29. The van der Waals surface area contributed by atoms with Gasteiger partial charge < -0.3 is 15.2 Å². The van der Waals surface area contributed by atoms with E-state index in [9.17, 15) is 22.4 Å². The minimum atomic E-state index is -4.51. The second kappa shape index (κ2) is 8.25. The molecule has 2 heterocycles. The number of hydrogen-bond acceptors (Lipinski definition) is 6. The number of hydrogen-bond donors (Lipinski definition) is 1. The highest BCUT2D eigenvalue weighted by atomic mass is 79.9. The monoisotopic (exact) mass is 438 g/mol. The number of alkyl halides is 3. The SMILES string of the molecule is NC(=O)Oc1cnc(CCc2ncnc(OCC(F)(F)F)c2Br)c(F)c1. The van der Waals surface area contributed by atoms with Crippen LogP contribution in [0, 0.1) is 5.82 Å². The first-order chi connectivity index (χ1) is 12.2. The van der Waals surface area contributed by atoms with Gasteiger partial charge in [0.05, 0.1) is 17.6 Å². The minimum absolute atomic E-state index is 0.0464. The van der Waals surface area contributed by atoms with E-state index in [1.54, 1.807) is 0 Å². The highest BCUT2D eigenvalue weighted by Crippen LogP contribution is 2.27. The van der Waals surface area contributed by atoms with Crippen LogP contribution in [-0.4, -0.2) is 33.8 Å². The van der Waals surface area contributed by atoms with Crippen LogP contribution >= 0.6 is 15.9 Å². The van der Waals surface area contributed by atoms with E-state index >= 15 is 0 Å². The van der Waals surface area contributed by atoms with E-state index in [0.717, 1.165) is 18.6 Å². The first kappa shape index (κ1) is 19.8. The van der Waals surface area contributed by atoms with E-state index in [1.165, 1.54) is 0 Å². The third-order valence-electron chi connectivity index (χ3n) is 2.91. The van der Waals surface area contributed by atoms with Crippen LogP contribution < -0.4 is 15.2 Å². The number of amides is 1. The fraction of sp³-hybridized carbons (Fsp3) is 0.286.